The molecule has 122 valence electrons. The molecule has 2 rings (SSSR count). The number of hydrogen-bond donors (Lipinski definition) is 2. The number of carbonyl (C=O) groups excluding carboxylic acids is 1. The van der Waals surface area contributed by atoms with Gasteiger partial charge in [0.1, 0.15) is 0 Å². The van der Waals surface area contributed by atoms with Crippen LogP contribution in [0.4, 0.5) is 0 Å². The third-order valence-electron chi connectivity index (χ3n) is 3.33. The standard InChI is InChI=1S/C15H16ClN3O4/c1-9-12(14(20)17-8-13(23-2)15(21)22)7-18-19(9)11-5-3-10(16)4-6-11/h3-7,13H,8H2,1-2H3,(H,17,20)(H,21,22). The summed E-state index contributed by atoms with van der Waals surface area (Å²) in [6.45, 7) is 1.62. The van der Waals surface area contributed by atoms with Crippen LogP contribution in [0.3, 0.4) is 0 Å². The number of hydrogen-bond acceptors (Lipinski definition) is 4. The minimum Gasteiger partial charge on any atom is -0.479 e. The van der Waals surface area contributed by atoms with Gasteiger partial charge in [-0.05, 0) is 31.2 Å². The van der Waals surface area contributed by atoms with Gasteiger partial charge in [0.15, 0.2) is 6.10 Å². The average molecular weight is 338 g/mol. The third kappa shape index (κ3) is 3.88. The van der Waals surface area contributed by atoms with Gasteiger partial charge in [-0.2, -0.15) is 5.10 Å². The largest absolute Gasteiger partial charge is 0.479 e. The number of methoxy groups -OCH3 is 1. The van der Waals surface area contributed by atoms with Crippen molar-refractivity contribution in [3.8, 4) is 5.69 Å². The summed E-state index contributed by atoms with van der Waals surface area (Å²) >= 11 is 5.85. The van der Waals surface area contributed by atoms with Gasteiger partial charge in [-0.3, -0.25) is 4.79 Å². The number of carboxylic acid groups (broad SMARTS) is 1. The van der Waals surface area contributed by atoms with E-state index in [9.17, 15) is 9.59 Å². The molecule has 0 fully saturated rings. The highest BCUT2D eigenvalue weighted by molar-refractivity contribution is 6.30. The molecular formula is C15H16ClN3O4. The lowest BCUT2D eigenvalue weighted by Crippen LogP contribution is -2.37. The number of nitrogens with one attached hydrogen (secondary N) is 1. The van der Waals surface area contributed by atoms with E-state index in [1.54, 1.807) is 35.9 Å². The van der Waals surface area contributed by atoms with E-state index in [4.69, 9.17) is 21.4 Å². The quantitative estimate of drug-likeness (QED) is 0.836. The summed E-state index contributed by atoms with van der Waals surface area (Å²) in [5.74, 6) is -1.55. The highest BCUT2D eigenvalue weighted by Gasteiger charge is 2.20. The van der Waals surface area contributed by atoms with Crippen molar-refractivity contribution in [2.45, 2.75) is 13.0 Å². The predicted molar refractivity (Wildman–Crippen MR) is 84.1 cm³/mol. The number of carbonyl (C=O) groups is 2. The lowest BCUT2D eigenvalue weighted by Gasteiger charge is -2.11. The summed E-state index contributed by atoms with van der Waals surface area (Å²) in [6.07, 6.45) is 0.340. The zero-order valence-electron chi connectivity index (χ0n) is 12.6. The number of benzene rings is 1. The molecule has 0 saturated carbocycles. The van der Waals surface area contributed by atoms with Gasteiger partial charge in [0.25, 0.3) is 5.91 Å². The summed E-state index contributed by atoms with van der Waals surface area (Å²) in [5.41, 5.74) is 1.76. The zero-order valence-corrected chi connectivity index (χ0v) is 13.4. The topological polar surface area (TPSA) is 93.5 Å². The van der Waals surface area contributed by atoms with E-state index in [2.05, 4.69) is 10.4 Å². The van der Waals surface area contributed by atoms with Crippen LogP contribution in [0.5, 0.6) is 0 Å². The van der Waals surface area contributed by atoms with E-state index in [-0.39, 0.29) is 6.54 Å². The highest BCUT2D eigenvalue weighted by Crippen LogP contribution is 2.16. The number of rotatable bonds is 6. The van der Waals surface area contributed by atoms with Gasteiger partial charge in [-0.15, -0.1) is 0 Å². The molecule has 23 heavy (non-hydrogen) atoms. The second-order valence-electron chi connectivity index (χ2n) is 4.80. The molecule has 1 unspecified atom stereocenters. The second-order valence-corrected chi connectivity index (χ2v) is 5.24. The number of ether oxygens (including phenoxy) is 1. The van der Waals surface area contributed by atoms with E-state index < -0.39 is 18.0 Å². The summed E-state index contributed by atoms with van der Waals surface area (Å²) in [7, 11) is 1.27. The maximum Gasteiger partial charge on any atom is 0.334 e. The Hall–Kier alpha value is -2.38. The van der Waals surface area contributed by atoms with E-state index in [1.807, 2.05) is 0 Å². The van der Waals surface area contributed by atoms with Crippen LogP contribution in [0.2, 0.25) is 5.02 Å². The summed E-state index contributed by atoms with van der Waals surface area (Å²) < 4.78 is 6.37. The Balaban J connectivity index is 2.13. The van der Waals surface area contributed by atoms with Crippen LogP contribution in [0.15, 0.2) is 30.5 Å². The highest BCUT2D eigenvalue weighted by atomic mass is 35.5. The Morgan fingerprint density at radius 3 is 2.61 bits per heavy atom. The minimum absolute atomic E-state index is 0.129. The molecule has 7 nitrogen and oxygen atoms in total. The number of aromatic nitrogens is 2. The lowest BCUT2D eigenvalue weighted by molar-refractivity contribution is -0.148. The molecule has 1 heterocycles. The van der Waals surface area contributed by atoms with Crippen molar-refractivity contribution in [3.05, 3.63) is 46.7 Å². The van der Waals surface area contributed by atoms with Gasteiger partial charge >= 0.3 is 5.97 Å². The van der Waals surface area contributed by atoms with Crippen molar-refractivity contribution in [1.29, 1.82) is 0 Å². The monoisotopic (exact) mass is 337 g/mol. The van der Waals surface area contributed by atoms with Crippen molar-refractivity contribution in [1.82, 2.24) is 15.1 Å². The van der Waals surface area contributed by atoms with Crippen LogP contribution in [-0.4, -0.2) is 46.5 Å². The fourth-order valence-electron chi connectivity index (χ4n) is 2.03. The number of halogens is 1. The van der Waals surface area contributed by atoms with Crippen molar-refractivity contribution >= 4 is 23.5 Å². The zero-order chi connectivity index (χ0) is 17.0. The maximum absolute atomic E-state index is 12.2. The number of aliphatic carboxylic acids is 1. The Kier molecular flexibility index (Phi) is 5.36. The first-order valence-corrected chi connectivity index (χ1v) is 7.16. The molecule has 2 N–H and O–H groups in total. The van der Waals surface area contributed by atoms with E-state index in [1.165, 1.54) is 13.3 Å². The molecule has 0 aliphatic heterocycles. The number of carboxylic acids is 1. The van der Waals surface area contributed by atoms with Crippen LogP contribution in [0.25, 0.3) is 5.69 Å². The van der Waals surface area contributed by atoms with Crippen molar-refractivity contribution in [3.63, 3.8) is 0 Å². The van der Waals surface area contributed by atoms with Gasteiger partial charge in [-0.25, -0.2) is 9.48 Å². The first kappa shape index (κ1) is 17.0. The Morgan fingerprint density at radius 2 is 2.04 bits per heavy atom. The van der Waals surface area contributed by atoms with Gasteiger partial charge in [0, 0.05) is 12.1 Å². The number of amides is 1. The van der Waals surface area contributed by atoms with Crippen molar-refractivity contribution in [2.24, 2.45) is 0 Å². The molecule has 8 heteroatoms. The van der Waals surface area contributed by atoms with Crippen molar-refractivity contribution in [2.75, 3.05) is 13.7 Å². The van der Waals surface area contributed by atoms with Crippen LogP contribution < -0.4 is 5.32 Å². The maximum atomic E-state index is 12.2. The van der Waals surface area contributed by atoms with E-state index in [0.717, 1.165) is 5.69 Å². The average Bonchev–Trinajstić information content (AvgIpc) is 2.90. The van der Waals surface area contributed by atoms with Crippen molar-refractivity contribution < 1.29 is 19.4 Å². The summed E-state index contributed by atoms with van der Waals surface area (Å²) in [4.78, 5) is 23.0. The lowest BCUT2D eigenvalue weighted by atomic mass is 10.2. The Morgan fingerprint density at radius 1 is 1.39 bits per heavy atom. The summed E-state index contributed by atoms with van der Waals surface area (Å²) in [5, 5.41) is 16.2. The van der Waals surface area contributed by atoms with Gasteiger partial charge in [0.2, 0.25) is 0 Å². The molecule has 1 atom stereocenters. The molecule has 1 amide bonds. The fourth-order valence-corrected chi connectivity index (χ4v) is 2.15. The van der Waals surface area contributed by atoms with Crippen LogP contribution in [-0.2, 0) is 9.53 Å². The minimum atomic E-state index is -1.14. The Labute approximate surface area is 137 Å². The Bertz CT molecular complexity index is 712. The molecule has 1 aromatic heterocycles. The smallest absolute Gasteiger partial charge is 0.334 e. The predicted octanol–water partition coefficient (Wildman–Crippen LogP) is 1.66. The molecular weight excluding hydrogens is 322 g/mol. The molecule has 0 radical (unpaired) electrons. The molecule has 0 aliphatic carbocycles. The normalized spacial score (nSPS) is 12.0. The van der Waals surface area contributed by atoms with E-state index in [0.29, 0.717) is 16.3 Å². The fraction of sp³-hybridized carbons (Fsp3) is 0.267. The van der Waals surface area contributed by atoms with Crippen LogP contribution >= 0.6 is 11.6 Å². The first-order valence-electron chi connectivity index (χ1n) is 6.78. The second kappa shape index (κ2) is 7.26. The molecule has 0 bridgehead atoms. The van der Waals surface area contributed by atoms with Gasteiger partial charge in [0.05, 0.1) is 29.7 Å². The molecule has 0 spiro atoms. The molecule has 2 aromatic rings. The SMILES string of the molecule is COC(CNC(=O)c1cnn(-c2ccc(Cl)cc2)c1C)C(=O)O. The van der Waals surface area contributed by atoms with Gasteiger partial charge in [-0.1, -0.05) is 11.6 Å². The molecule has 1 aromatic carbocycles. The van der Waals surface area contributed by atoms with Crippen LogP contribution in [0, 0.1) is 6.92 Å². The number of nitrogens with zero attached hydrogens (tertiary/aromatic N) is 2. The van der Waals surface area contributed by atoms with Gasteiger partial charge < -0.3 is 15.2 Å². The first-order chi connectivity index (χ1) is 10.9. The molecule has 0 saturated heterocycles. The van der Waals surface area contributed by atoms with E-state index >= 15 is 0 Å². The molecule has 0 aliphatic rings. The van der Waals surface area contributed by atoms with Crippen LogP contribution in [0.1, 0.15) is 16.1 Å². The summed E-state index contributed by atoms with van der Waals surface area (Å²) in [6, 6.07) is 7.03. The third-order valence-corrected chi connectivity index (χ3v) is 3.59.